The molecule has 1 aromatic carbocycles. The van der Waals surface area contributed by atoms with Gasteiger partial charge in [-0.2, -0.15) is 0 Å². The molecule has 0 aliphatic heterocycles. The van der Waals surface area contributed by atoms with Crippen LogP contribution in [-0.4, -0.2) is 36.4 Å². The summed E-state index contributed by atoms with van der Waals surface area (Å²) in [5.41, 5.74) is 1.60. The number of nitrogens with one attached hydrogen (secondary N) is 3. The number of quaternary nitrogens is 1. The van der Waals surface area contributed by atoms with Gasteiger partial charge in [0.2, 0.25) is 0 Å². The number of aryl methyl sites for hydroxylation is 1. The van der Waals surface area contributed by atoms with Crippen LogP contribution < -0.4 is 15.5 Å². The molecule has 0 aliphatic rings. The van der Waals surface area contributed by atoms with E-state index >= 15 is 0 Å². The Hall–Kier alpha value is -2.78. The van der Waals surface area contributed by atoms with Crippen LogP contribution in [0.4, 0.5) is 11.4 Å². The van der Waals surface area contributed by atoms with E-state index in [-0.39, 0.29) is 36.3 Å². The zero-order valence-electron chi connectivity index (χ0n) is 16.2. The second-order valence-corrected chi connectivity index (χ2v) is 7.55. The molecule has 0 aliphatic carbocycles. The van der Waals surface area contributed by atoms with Gasteiger partial charge in [-0.25, -0.2) is 0 Å². The summed E-state index contributed by atoms with van der Waals surface area (Å²) in [5, 5.41) is 18.7. The number of nitrogens with zero attached hydrogens (tertiary/aromatic N) is 1. The van der Waals surface area contributed by atoms with Crippen LogP contribution in [0.25, 0.3) is 0 Å². The Bertz CT molecular complexity index is 852. The first kappa shape index (κ1) is 21.5. The minimum atomic E-state index is -0.509. The second kappa shape index (κ2) is 9.95. The Morgan fingerprint density at radius 2 is 1.89 bits per heavy atom. The summed E-state index contributed by atoms with van der Waals surface area (Å²) in [6, 6.07) is 6.91. The molecular formula is C19H25N4O4S+. The Labute approximate surface area is 167 Å². The van der Waals surface area contributed by atoms with E-state index in [1.165, 1.54) is 6.07 Å². The number of hydrogen-bond acceptors (Lipinski definition) is 5. The lowest BCUT2D eigenvalue weighted by Gasteiger charge is -2.17. The Balaban J connectivity index is 1.96. The second-order valence-electron chi connectivity index (χ2n) is 6.52. The van der Waals surface area contributed by atoms with E-state index in [4.69, 9.17) is 0 Å². The van der Waals surface area contributed by atoms with E-state index < -0.39 is 4.92 Å². The monoisotopic (exact) mass is 405 g/mol. The van der Waals surface area contributed by atoms with Gasteiger partial charge >= 0.3 is 0 Å². The molecule has 0 saturated heterocycles. The highest BCUT2D eigenvalue weighted by molar-refractivity contribution is 7.09. The number of likely N-dealkylation sites (N-methyl/N-ethyl adjacent to an activating group) is 1. The van der Waals surface area contributed by atoms with Gasteiger partial charge in [-0.15, -0.1) is 11.3 Å². The van der Waals surface area contributed by atoms with E-state index in [9.17, 15) is 19.7 Å². The minimum absolute atomic E-state index is 0.0491. The maximum absolute atomic E-state index is 12.5. The molecular weight excluding hydrogens is 380 g/mol. The zero-order chi connectivity index (χ0) is 20.7. The number of carbonyl (C=O) groups excluding carboxylic acids is 2. The third-order valence-corrected chi connectivity index (χ3v) is 5.41. The zero-order valence-corrected chi connectivity index (χ0v) is 17.0. The van der Waals surface area contributed by atoms with Crippen molar-refractivity contribution in [2.45, 2.75) is 27.3 Å². The highest BCUT2D eigenvalue weighted by atomic mass is 32.1. The van der Waals surface area contributed by atoms with E-state index in [0.717, 1.165) is 15.3 Å². The summed E-state index contributed by atoms with van der Waals surface area (Å²) in [6.45, 7) is 6.70. The van der Waals surface area contributed by atoms with Crippen LogP contribution >= 0.6 is 11.3 Å². The van der Waals surface area contributed by atoms with Crippen molar-refractivity contribution in [1.82, 2.24) is 5.32 Å². The molecule has 9 heteroatoms. The van der Waals surface area contributed by atoms with E-state index in [1.54, 1.807) is 24.3 Å². The number of thiophene rings is 1. The van der Waals surface area contributed by atoms with Gasteiger partial charge in [-0.1, -0.05) is 12.1 Å². The van der Waals surface area contributed by atoms with Gasteiger partial charge in [-0.3, -0.25) is 19.7 Å². The molecule has 1 aromatic heterocycles. The molecule has 0 radical (unpaired) electrons. The predicted molar refractivity (Wildman–Crippen MR) is 109 cm³/mol. The van der Waals surface area contributed by atoms with Crippen molar-refractivity contribution in [2.24, 2.45) is 0 Å². The summed E-state index contributed by atoms with van der Waals surface area (Å²) in [7, 11) is 0. The number of carbonyl (C=O) groups is 2. The first-order valence-corrected chi connectivity index (χ1v) is 9.86. The van der Waals surface area contributed by atoms with E-state index in [0.29, 0.717) is 18.7 Å². The molecule has 1 heterocycles. The summed E-state index contributed by atoms with van der Waals surface area (Å²) in [6.07, 6.45) is 0. The fourth-order valence-corrected chi connectivity index (χ4v) is 3.37. The molecule has 0 fully saturated rings. The minimum Gasteiger partial charge on any atom is -0.346 e. The number of rotatable bonds is 9. The summed E-state index contributed by atoms with van der Waals surface area (Å²) < 4.78 is 0. The highest BCUT2D eigenvalue weighted by Crippen LogP contribution is 2.29. The lowest BCUT2D eigenvalue weighted by atomic mass is 10.1. The number of amides is 2. The fourth-order valence-electron chi connectivity index (χ4n) is 2.72. The van der Waals surface area contributed by atoms with E-state index in [2.05, 4.69) is 10.6 Å². The van der Waals surface area contributed by atoms with Crippen LogP contribution in [0, 0.1) is 24.0 Å². The predicted octanol–water partition coefficient (Wildman–Crippen LogP) is 1.43. The largest absolute Gasteiger partial charge is 0.346 e. The maximum atomic E-state index is 12.5. The fraction of sp³-hybridized carbons (Fsp3) is 0.368. The lowest BCUT2D eigenvalue weighted by Crippen LogP contribution is -3.14. The average molecular weight is 406 g/mol. The van der Waals surface area contributed by atoms with Crippen molar-refractivity contribution >= 4 is 34.5 Å². The molecule has 0 saturated carbocycles. The molecule has 0 spiro atoms. The normalized spacial score (nSPS) is 11.7. The van der Waals surface area contributed by atoms with Crippen LogP contribution in [0.15, 0.2) is 29.6 Å². The van der Waals surface area contributed by atoms with Crippen molar-refractivity contribution in [3.8, 4) is 0 Å². The van der Waals surface area contributed by atoms with Gasteiger partial charge in [0.15, 0.2) is 13.1 Å². The number of hydrogen-bond donors (Lipinski definition) is 3. The van der Waals surface area contributed by atoms with Crippen LogP contribution in [-0.2, 0) is 16.1 Å². The molecule has 2 rings (SSSR count). The Kier molecular flexibility index (Phi) is 7.65. The van der Waals surface area contributed by atoms with Gasteiger partial charge in [0, 0.05) is 10.9 Å². The number of nitro groups is 1. The third kappa shape index (κ3) is 5.86. The van der Waals surface area contributed by atoms with Gasteiger partial charge in [-0.05, 0) is 43.3 Å². The molecule has 1 atom stereocenters. The summed E-state index contributed by atoms with van der Waals surface area (Å²) in [5.74, 6) is -0.504. The third-order valence-electron chi connectivity index (χ3n) is 4.54. The van der Waals surface area contributed by atoms with Crippen molar-refractivity contribution in [3.63, 3.8) is 0 Å². The Morgan fingerprint density at radius 1 is 1.18 bits per heavy atom. The first-order chi connectivity index (χ1) is 13.3. The van der Waals surface area contributed by atoms with E-state index in [1.807, 2.05) is 31.4 Å². The van der Waals surface area contributed by atoms with Crippen LogP contribution in [0.1, 0.15) is 22.9 Å². The molecule has 2 amide bonds. The smallest absolute Gasteiger partial charge is 0.293 e. The summed E-state index contributed by atoms with van der Waals surface area (Å²) >= 11 is 1.57. The number of anilines is 1. The molecule has 28 heavy (non-hydrogen) atoms. The SMILES string of the molecule is CC[NH+](CC(=O)NCc1cccs1)CC(=O)Nc1c([N+](=O)[O-])ccc(C)c1C. The van der Waals surface area contributed by atoms with Crippen molar-refractivity contribution in [1.29, 1.82) is 0 Å². The maximum Gasteiger partial charge on any atom is 0.293 e. The van der Waals surface area contributed by atoms with Crippen molar-refractivity contribution in [2.75, 3.05) is 25.0 Å². The first-order valence-electron chi connectivity index (χ1n) is 8.98. The summed E-state index contributed by atoms with van der Waals surface area (Å²) in [4.78, 5) is 37.2. The number of benzene rings is 1. The van der Waals surface area contributed by atoms with Crippen LogP contribution in [0.3, 0.4) is 0 Å². The molecule has 2 aromatic rings. The lowest BCUT2D eigenvalue weighted by molar-refractivity contribution is -0.881. The average Bonchev–Trinajstić information content (AvgIpc) is 3.16. The topological polar surface area (TPSA) is 106 Å². The van der Waals surface area contributed by atoms with Crippen molar-refractivity contribution < 1.29 is 19.4 Å². The Morgan fingerprint density at radius 3 is 2.50 bits per heavy atom. The molecule has 1 unspecified atom stereocenters. The van der Waals surface area contributed by atoms with Crippen LogP contribution in [0.2, 0.25) is 0 Å². The van der Waals surface area contributed by atoms with Gasteiger partial charge < -0.3 is 15.5 Å². The van der Waals surface area contributed by atoms with Gasteiger partial charge in [0.05, 0.1) is 18.0 Å². The number of nitro benzene ring substituents is 1. The molecule has 8 nitrogen and oxygen atoms in total. The van der Waals surface area contributed by atoms with Gasteiger partial charge in [0.25, 0.3) is 17.5 Å². The van der Waals surface area contributed by atoms with Crippen LogP contribution in [0.5, 0.6) is 0 Å². The quantitative estimate of drug-likeness (QED) is 0.433. The standard InChI is InChI=1S/C19H24N4O4S/c1-4-22(11-17(24)20-10-15-6-5-9-28-15)12-18(25)21-19-14(3)13(2)7-8-16(19)23(26)27/h5-9H,4,10-12H2,1-3H3,(H,20,24)(H,21,25)/p+1. The molecule has 0 bridgehead atoms. The van der Waals surface area contributed by atoms with Gasteiger partial charge in [0.1, 0.15) is 5.69 Å². The molecule has 150 valence electrons. The highest BCUT2D eigenvalue weighted by Gasteiger charge is 2.22. The molecule has 3 N–H and O–H groups in total. The van der Waals surface area contributed by atoms with Crippen molar-refractivity contribution in [3.05, 3.63) is 55.8 Å².